The van der Waals surface area contributed by atoms with E-state index >= 15 is 0 Å². The van der Waals surface area contributed by atoms with Gasteiger partial charge in [-0.2, -0.15) is 0 Å². The first-order chi connectivity index (χ1) is 10.0. The highest BCUT2D eigenvalue weighted by Gasteiger charge is 2.13. The number of nitrogens with one attached hydrogen (secondary N) is 1. The molecule has 0 aliphatic heterocycles. The Kier molecular flexibility index (Phi) is 7.08. The SMILES string of the molecule is CCCCOc1ccc(OCC(=O)NC(C)C(=O)O)cc1. The fourth-order valence-electron chi connectivity index (χ4n) is 1.46. The number of benzene rings is 1. The van der Waals surface area contributed by atoms with E-state index in [-0.39, 0.29) is 6.61 Å². The van der Waals surface area contributed by atoms with Crippen molar-refractivity contribution in [3.8, 4) is 11.5 Å². The molecule has 1 aromatic carbocycles. The van der Waals surface area contributed by atoms with Gasteiger partial charge in [0.2, 0.25) is 0 Å². The fraction of sp³-hybridized carbons (Fsp3) is 0.467. The Bertz CT molecular complexity index is 458. The molecule has 0 heterocycles. The number of unbranched alkanes of at least 4 members (excludes halogenated alkanes) is 1. The smallest absolute Gasteiger partial charge is 0.325 e. The molecule has 1 atom stereocenters. The van der Waals surface area contributed by atoms with Crippen LogP contribution in [0.25, 0.3) is 0 Å². The van der Waals surface area contributed by atoms with Crippen molar-refractivity contribution in [1.82, 2.24) is 5.32 Å². The Labute approximate surface area is 124 Å². The predicted octanol–water partition coefficient (Wildman–Crippen LogP) is 1.83. The molecule has 2 N–H and O–H groups in total. The molecule has 6 nitrogen and oxygen atoms in total. The van der Waals surface area contributed by atoms with Gasteiger partial charge in [0.15, 0.2) is 6.61 Å². The number of amides is 1. The molecule has 1 rings (SSSR count). The lowest BCUT2D eigenvalue weighted by molar-refractivity contribution is -0.141. The van der Waals surface area contributed by atoms with Crippen LogP contribution in [0.4, 0.5) is 0 Å². The van der Waals surface area contributed by atoms with E-state index in [4.69, 9.17) is 14.6 Å². The highest BCUT2D eigenvalue weighted by atomic mass is 16.5. The summed E-state index contributed by atoms with van der Waals surface area (Å²) >= 11 is 0. The van der Waals surface area contributed by atoms with Gasteiger partial charge in [0.05, 0.1) is 6.61 Å². The maximum atomic E-state index is 11.4. The van der Waals surface area contributed by atoms with Crippen molar-refractivity contribution in [3.05, 3.63) is 24.3 Å². The second kappa shape index (κ2) is 8.84. The van der Waals surface area contributed by atoms with Crippen molar-refractivity contribution < 1.29 is 24.2 Å². The molecule has 0 aliphatic carbocycles. The van der Waals surface area contributed by atoms with Crippen LogP contribution in [0.1, 0.15) is 26.7 Å². The van der Waals surface area contributed by atoms with Crippen LogP contribution < -0.4 is 14.8 Å². The summed E-state index contributed by atoms with van der Waals surface area (Å²) in [5.41, 5.74) is 0. The molecule has 0 saturated heterocycles. The Morgan fingerprint density at radius 2 is 1.76 bits per heavy atom. The molecule has 0 saturated carbocycles. The van der Waals surface area contributed by atoms with Gasteiger partial charge in [-0.05, 0) is 37.6 Å². The number of carbonyl (C=O) groups excluding carboxylic acids is 1. The summed E-state index contributed by atoms with van der Waals surface area (Å²) in [6, 6.07) is 6.01. The number of aliphatic carboxylic acids is 1. The highest BCUT2D eigenvalue weighted by molar-refractivity contribution is 5.84. The molecular formula is C15H21NO5. The van der Waals surface area contributed by atoms with Gasteiger partial charge >= 0.3 is 5.97 Å². The van der Waals surface area contributed by atoms with Crippen LogP contribution in [0.3, 0.4) is 0 Å². The number of rotatable bonds is 9. The molecule has 0 aliphatic rings. The maximum absolute atomic E-state index is 11.4. The zero-order chi connectivity index (χ0) is 15.7. The van der Waals surface area contributed by atoms with E-state index < -0.39 is 17.9 Å². The zero-order valence-electron chi connectivity index (χ0n) is 12.3. The molecule has 0 spiro atoms. The van der Waals surface area contributed by atoms with E-state index in [1.165, 1.54) is 6.92 Å². The van der Waals surface area contributed by atoms with Gasteiger partial charge < -0.3 is 19.9 Å². The van der Waals surface area contributed by atoms with Crippen molar-refractivity contribution in [2.75, 3.05) is 13.2 Å². The minimum atomic E-state index is -1.09. The molecule has 1 unspecified atom stereocenters. The average molecular weight is 295 g/mol. The number of carboxylic acid groups (broad SMARTS) is 1. The first kappa shape index (κ1) is 16.8. The third-order valence-corrected chi connectivity index (χ3v) is 2.71. The number of ether oxygens (including phenoxy) is 2. The highest BCUT2D eigenvalue weighted by Crippen LogP contribution is 2.17. The molecule has 21 heavy (non-hydrogen) atoms. The summed E-state index contributed by atoms with van der Waals surface area (Å²) in [7, 11) is 0. The van der Waals surface area contributed by atoms with Crippen LogP contribution >= 0.6 is 0 Å². The van der Waals surface area contributed by atoms with Gasteiger partial charge in [0, 0.05) is 0 Å². The van der Waals surface area contributed by atoms with Gasteiger partial charge in [-0.1, -0.05) is 13.3 Å². The largest absolute Gasteiger partial charge is 0.494 e. The molecule has 6 heteroatoms. The lowest BCUT2D eigenvalue weighted by Crippen LogP contribution is -2.40. The Hall–Kier alpha value is -2.24. The Morgan fingerprint density at radius 3 is 2.29 bits per heavy atom. The van der Waals surface area contributed by atoms with Gasteiger partial charge in [0.25, 0.3) is 5.91 Å². The summed E-state index contributed by atoms with van der Waals surface area (Å²) < 4.78 is 10.8. The topological polar surface area (TPSA) is 84.9 Å². The van der Waals surface area contributed by atoms with Crippen LogP contribution in [0.2, 0.25) is 0 Å². The quantitative estimate of drug-likeness (QED) is 0.679. The van der Waals surface area contributed by atoms with Crippen LogP contribution in [-0.2, 0) is 9.59 Å². The zero-order valence-corrected chi connectivity index (χ0v) is 12.3. The molecular weight excluding hydrogens is 274 g/mol. The minimum absolute atomic E-state index is 0.229. The molecule has 116 valence electrons. The summed E-state index contributed by atoms with van der Waals surface area (Å²) in [6.07, 6.45) is 2.07. The molecule has 0 radical (unpaired) electrons. The van der Waals surface area contributed by atoms with Gasteiger partial charge in [-0.3, -0.25) is 9.59 Å². The summed E-state index contributed by atoms with van der Waals surface area (Å²) in [5.74, 6) is -0.291. The molecule has 1 amide bonds. The van der Waals surface area contributed by atoms with E-state index in [0.29, 0.717) is 12.4 Å². The monoisotopic (exact) mass is 295 g/mol. The molecule has 0 fully saturated rings. The van der Waals surface area contributed by atoms with E-state index in [1.54, 1.807) is 24.3 Å². The fourth-order valence-corrected chi connectivity index (χ4v) is 1.46. The second-order valence-corrected chi connectivity index (χ2v) is 4.59. The van der Waals surface area contributed by atoms with Crippen molar-refractivity contribution in [2.24, 2.45) is 0 Å². The van der Waals surface area contributed by atoms with Crippen molar-refractivity contribution in [3.63, 3.8) is 0 Å². The Morgan fingerprint density at radius 1 is 1.19 bits per heavy atom. The summed E-state index contributed by atoms with van der Waals surface area (Å²) in [5, 5.41) is 11.0. The third-order valence-electron chi connectivity index (χ3n) is 2.71. The van der Waals surface area contributed by atoms with Crippen LogP contribution in [-0.4, -0.2) is 36.2 Å². The van der Waals surface area contributed by atoms with Gasteiger partial charge in [-0.25, -0.2) is 0 Å². The van der Waals surface area contributed by atoms with E-state index in [9.17, 15) is 9.59 Å². The number of hydrogen-bond donors (Lipinski definition) is 2. The lowest BCUT2D eigenvalue weighted by atomic mass is 10.3. The van der Waals surface area contributed by atoms with E-state index in [0.717, 1.165) is 18.6 Å². The first-order valence-electron chi connectivity index (χ1n) is 6.90. The van der Waals surface area contributed by atoms with Gasteiger partial charge in [-0.15, -0.1) is 0 Å². The molecule has 1 aromatic rings. The normalized spacial score (nSPS) is 11.5. The number of carbonyl (C=O) groups is 2. The third kappa shape index (κ3) is 6.65. The summed E-state index contributed by atoms with van der Waals surface area (Å²) in [4.78, 5) is 22.0. The van der Waals surface area contributed by atoms with Crippen molar-refractivity contribution in [2.45, 2.75) is 32.7 Å². The lowest BCUT2D eigenvalue weighted by Gasteiger charge is -2.11. The van der Waals surface area contributed by atoms with E-state index in [2.05, 4.69) is 12.2 Å². The average Bonchev–Trinajstić information content (AvgIpc) is 2.46. The van der Waals surface area contributed by atoms with Crippen LogP contribution in [0, 0.1) is 0 Å². The Balaban J connectivity index is 2.35. The van der Waals surface area contributed by atoms with Crippen LogP contribution in [0.15, 0.2) is 24.3 Å². The second-order valence-electron chi connectivity index (χ2n) is 4.59. The molecule has 0 bridgehead atoms. The first-order valence-corrected chi connectivity index (χ1v) is 6.90. The number of hydrogen-bond acceptors (Lipinski definition) is 4. The summed E-state index contributed by atoms with van der Waals surface area (Å²) in [6.45, 7) is 3.93. The van der Waals surface area contributed by atoms with Crippen LogP contribution in [0.5, 0.6) is 11.5 Å². The maximum Gasteiger partial charge on any atom is 0.325 e. The standard InChI is InChI=1S/C15H21NO5/c1-3-4-9-20-12-5-7-13(8-6-12)21-10-14(17)16-11(2)15(18)19/h5-8,11H,3-4,9-10H2,1-2H3,(H,16,17)(H,18,19). The minimum Gasteiger partial charge on any atom is -0.494 e. The number of carboxylic acids is 1. The van der Waals surface area contributed by atoms with Gasteiger partial charge in [0.1, 0.15) is 17.5 Å². The van der Waals surface area contributed by atoms with Crippen molar-refractivity contribution >= 4 is 11.9 Å². The van der Waals surface area contributed by atoms with Crippen molar-refractivity contribution in [1.29, 1.82) is 0 Å². The van der Waals surface area contributed by atoms with E-state index in [1.807, 2.05) is 0 Å². The predicted molar refractivity (Wildman–Crippen MR) is 77.6 cm³/mol. The molecule has 0 aromatic heterocycles.